The molecule has 0 fully saturated rings. The molecule has 0 aromatic carbocycles. The van der Waals surface area contributed by atoms with Gasteiger partial charge in [0.25, 0.3) is 0 Å². The molecule has 1 aliphatic carbocycles. The number of aliphatic carboxylic acids is 1. The summed E-state index contributed by atoms with van der Waals surface area (Å²) in [6.07, 6.45) is 2.72. The highest BCUT2D eigenvalue weighted by atomic mass is 35.5. The molecule has 0 saturated heterocycles. The van der Waals surface area contributed by atoms with Crippen LogP contribution in [-0.4, -0.2) is 11.1 Å². The fourth-order valence-electron chi connectivity index (χ4n) is 1.54. The van der Waals surface area contributed by atoms with E-state index in [4.69, 9.17) is 5.11 Å². The topological polar surface area (TPSA) is 37.3 Å². The van der Waals surface area contributed by atoms with Crippen molar-refractivity contribution in [2.45, 2.75) is 27.2 Å². The van der Waals surface area contributed by atoms with Crippen molar-refractivity contribution >= 4 is 18.4 Å². The highest BCUT2D eigenvalue weighted by molar-refractivity contribution is 5.85. The highest BCUT2D eigenvalue weighted by Gasteiger charge is 2.39. The van der Waals surface area contributed by atoms with Crippen LogP contribution in [0.15, 0.2) is 11.6 Å². The molecular formula is C9H15ClO2. The summed E-state index contributed by atoms with van der Waals surface area (Å²) in [4.78, 5) is 10.7. The Labute approximate surface area is 79.1 Å². The molecule has 1 rings (SSSR count). The summed E-state index contributed by atoms with van der Waals surface area (Å²) in [5, 5.41) is 8.83. The van der Waals surface area contributed by atoms with E-state index >= 15 is 0 Å². The van der Waals surface area contributed by atoms with Gasteiger partial charge in [0, 0.05) is 0 Å². The van der Waals surface area contributed by atoms with E-state index in [-0.39, 0.29) is 23.7 Å². The van der Waals surface area contributed by atoms with Gasteiger partial charge in [-0.2, -0.15) is 0 Å². The third kappa shape index (κ3) is 1.63. The van der Waals surface area contributed by atoms with E-state index in [1.807, 2.05) is 26.8 Å². The van der Waals surface area contributed by atoms with Crippen molar-refractivity contribution in [2.24, 2.45) is 11.3 Å². The first-order valence-electron chi connectivity index (χ1n) is 3.86. The minimum atomic E-state index is -0.678. The lowest BCUT2D eigenvalue weighted by atomic mass is 9.78. The summed E-state index contributed by atoms with van der Waals surface area (Å²) < 4.78 is 0. The zero-order valence-corrected chi connectivity index (χ0v) is 8.44. The van der Waals surface area contributed by atoms with E-state index < -0.39 is 5.97 Å². The molecule has 0 aromatic rings. The number of hydrogen-bond donors (Lipinski definition) is 1. The Kier molecular flexibility index (Phi) is 3.34. The van der Waals surface area contributed by atoms with Crippen LogP contribution in [0.3, 0.4) is 0 Å². The molecular weight excluding hydrogens is 176 g/mol. The van der Waals surface area contributed by atoms with Crippen LogP contribution in [0.4, 0.5) is 0 Å². The molecule has 70 valence electrons. The minimum absolute atomic E-state index is 0. The SMILES string of the molecule is CC1=CCC(C(=O)O)C1(C)C.Cl. The second kappa shape index (κ2) is 3.48. The summed E-state index contributed by atoms with van der Waals surface area (Å²) >= 11 is 0. The van der Waals surface area contributed by atoms with E-state index in [9.17, 15) is 4.79 Å². The second-order valence-electron chi connectivity index (χ2n) is 3.74. The second-order valence-corrected chi connectivity index (χ2v) is 3.74. The van der Waals surface area contributed by atoms with Crippen LogP contribution in [0.5, 0.6) is 0 Å². The number of carboxylic acids is 1. The van der Waals surface area contributed by atoms with Crippen LogP contribution >= 0.6 is 12.4 Å². The van der Waals surface area contributed by atoms with Gasteiger partial charge < -0.3 is 5.11 Å². The fourth-order valence-corrected chi connectivity index (χ4v) is 1.54. The maximum Gasteiger partial charge on any atom is 0.307 e. The lowest BCUT2D eigenvalue weighted by Crippen LogP contribution is -2.27. The first-order valence-corrected chi connectivity index (χ1v) is 3.86. The molecule has 0 amide bonds. The third-order valence-corrected chi connectivity index (χ3v) is 2.85. The Hall–Kier alpha value is -0.500. The van der Waals surface area contributed by atoms with Gasteiger partial charge in [-0.15, -0.1) is 12.4 Å². The number of carbonyl (C=O) groups is 1. The van der Waals surface area contributed by atoms with Gasteiger partial charge in [0.15, 0.2) is 0 Å². The van der Waals surface area contributed by atoms with Crippen LogP contribution < -0.4 is 0 Å². The Balaban J connectivity index is 0.00000121. The van der Waals surface area contributed by atoms with Gasteiger partial charge in [0.2, 0.25) is 0 Å². The molecule has 0 spiro atoms. The number of allylic oxidation sites excluding steroid dienone is 2. The number of hydrogen-bond acceptors (Lipinski definition) is 1. The molecule has 0 aromatic heterocycles. The number of carboxylic acid groups (broad SMARTS) is 1. The lowest BCUT2D eigenvalue weighted by molar-refractivity contribution is -0.144. The van der Waals surface area contributed by atoms with Crippen molar-refractivity contribution in [3.8, 4) is 0 Å². The van der Waals surface area contributed by atoms with E-state index in [0.717, 1.165) is 0 Å². The summed E-state index contributed by atoms with van der Waals surface area (Å²) in [5.74, 6) is -0.898. The zero-order chi connectivity index (χ0) is 8.65. The largest absolute Gasteiger partial charge is 0.481 e. The van der Waals surface area contributed by atoms with Crippen LogP contribution in [-0.2, 0) is 4.79 Å². The van der Waals surface area contributed by atoms with E-state index in [2.05, 4.69) is 0 Å². The Morgan fingerprint density at radius 1 is 1.67 bits per heavy atom. The molecule has 3 heteroatoms. The first-order chi connectivity index (χ1) is 4.96. The molecule has 0 radical (unpaired) electrons. The zero-order valence-electron chi connectivity index (χ0n) is 7.63. The third-order valence-electron chi connectivity index (χ3n) is 2.85. The highest BCUT2D eigenvalue weighted by Crippen LogP contribution is 2.42. The summed E-state index contributed by atoms with van der Waals surface area (Å²) in [6.45, 7) is 5.98. The molecule has 1 aliphatic rings. The minimum Gasteiger partial charge on any atom is -0.481 e. The molecule has 0 aliphatic heterocycles. The average Bonchev–Trinajstić information content (AvgIpc) is 2.08. The summed E-state index contributed by atoms with van der Waals surface area (Å²) in [6, 6.07) is 0. The molecule has 2 nitrogen and oxygen atoms in total. The summed E-state index contributed by atoms with van der Waals surface area (Å²) in [5.41, 5.74) is 1.05. The standard InChI is InChI=1S/C9H14O2.ClH/c1-6-4-5-7(8(10)11)9(6,2)3;/h4,7H,5H2,1-3H3,(H,10,11);1H. The van der Waals surface area contributed by atoms with E-state index in [0.29, 0.717) is 6.42 Å². The van der Waals surface area contributed by atoms with Gasteiger partial charge >= 0.3 is 5.97 Å². The number of rotatable bonds is 1. The molecule has 0 bridgehead atoms. The normalized spacial score (nSPS) is 25.9. The van der Waals surface area contributed by atoms with Gasteiger partial charge in [0.05, 0.1) is 5.92 Å². The van der Waals surface area contributed by atoms with Crippen molar-refractivity contribution in [2.75, 3.05) is 0 Å². The van der Waals surface area contributed by atoms with Crippen molar-refractivity contribution < 1.29 is 9.90 Å². The van der Waals surface area contributed by atoms with Crippen LogP contribution in [0.2, 0.25) is 0 Å². The fraction of sp³-hybridized carbons (Fsp3) is 0.667. The van der Waals surface area contributed by atoms with E-state index in [1.54, 1.807) is 0 Å². The smallest absolute Gasteiger partial charge is 0.307 e. The maximum atomic E-state index is 10.7. The van der Waals surface area contributed by atoms with Crippen molar-refractivity contribution in [1.29, 1.82) is 0 Å². The van der Waals surface area contributed by atoms with Crippen molar-refractivity contribution in [3.05, 3.63) is 11.6 Å². The number of halogens is 1. The molecule has 0 saturated carbocycles. The van der Waals surface area contributed by atoms with Gasteiger partial charge in [-0.05, 0) is 18.8 Å². The van der Waals surface area contributed by atoms with Crippen LogP contribution in [0, 0.1) is 11.3 Å². The van der Waals surface area contributed by atoms with Crippen molar-refractivity contribution in [1.82, 2.24) is 0 Å². The molecule has 1 atom stereocenters. The summed E-state index contributed by atoms with van der Waals surface area (Å²) in [7, 11) is 0. The first kappa shape index (κ1) is 11.5. The average molecular weight is 191 g/mol. The predicted molar refractivity (Wildman–Crippen MR) is 50.5 cm³/mol. The Morgan fingerprint density at radius 2 is 2.17 bits per heavy atom. The van der Waals surface area contributed by atoms with Gasteiger partial charge in [-0.25, -0.2) is 0 Å². The lowest BCUT2D eigenvalue weighted by Gasteiger charge is -2.25. The monoisotopic (exact) mass is 190 g/mol. The Bertz CT molecular complexity index is 219. The van der Waals surface area contributed by atoms with Gasteiger partial charge in [-0.3, -0.25) is 4.79 Å². The molecule has 1 N–H and O–H groups in total. The maximum absolute atomic E-state index is 10.7. The molecule has 12 heavy (non-hydrogen) atoms. The van der Waals surface area contributed by atoms with Gasteiger partial charge in [0.1, 0.15) is 0 Å². The molecule has 0 heterocycles. The van der Waals surface area contributed by atoms with E-state index in [1.165, 1.54) is 5.57 Å². The Morgan fingerprint density at radius 3 is 2.33 bits per heavy atom. The van der Waals surface area contributed by atoms with Crippen LogP contribution in [0.25, 0.3) is 0 Å². The predicted octanol–water partition coefficient (Wildman–Crippen LogP) is 2.49. The quantitative estimate of drug-likeness (QED) is 0.645. The van der Waals surface area contributed by atoms with Gasteiger partial charge in [-0.1, -0.05) is 25.5 Å². The molecule has 1 unspecified atom stereocenters. The van der Waals surface area contributed by atoms with Crippen LogP contribution in [0.1, 0.15) is 27.2 Å². The van der Waals surface area contributed by atoms with Crippen molar-refractivity contribution in [3.63, 3.8) is 0 Å².